The van der Waals surface area contributed by atoms with Crippen molar-refractivity contribution in [2.45, 2.75) is 45.1 Å². The van der Waals surface area contributed by atoms with Gasteiger partial charge in [0.05, 0.1) is 13.5 Å². The molecule has 0 aromatic heterocycles. The second-order valence-electron chi connectivity index (χ2n) is 6.37. The van der Waals surface area contributed by atoms with Gasteiger partial charge in [-0.3, -0.25) is 4.79 Å². The molecule has 118 valence electrons. The molecule has 0 bridgehead atoms. The molecule has 1 aromatic rings. The van der Waals surface area contributed by atoms with Gasteiger partial charge in [0, 0.05) is 23.6 Å². The number of hydrogen-bond donors (Lipinski definition) is 1. The molecule has 0 aliphatic heterocycles. The molecule has 1 atom stereocenters. The Kier molecular flexibility index (Phi) is 5.34. The van der Waals surface area contributed by atoms with Gasteiger partial charge in [-0.25, -0.2) is 4.39 Å². The van der Waals surface area contributed by atoms with E-state index in [9.17, 15) is 9.18 Å². The van der Waals surface area contributed by atoms with E-state index < -0.39 is 16.8 Å². The summed E-state index contributed by atoms with van der Waals surface area (Å²) in [7, 11) is 1.46. The lowest BCUT2D eigenvalue weighted by Crippen LogP contribution is -2.37. The Morgan fingerprint density at radius 3 is 2.38 bits per heavy atom. The normalized spacial score (nSPS) is 14.4. The van der Waals surface area contributed by atoms with E-state index in [0.717, 1.165) is 0 Å². The Balaban J connectivity index is 3.07. The molecule has 1 unspecified atom stereocenters. The van der Waals surface area contributed by atoms with Crippen LogP contribution in [0.2, 0.25) is 0 Å². The van der Waals surface area contributed by atoms with E-state index in [1.54, 1.807) is 6.07 Å². The Labute approximate surface area is 125 Å². The number of halogens is 1. The van der Waals surface area contributed by atoms with Crippen LogP contribution in [0, 0.1) is 5.82 Å². The van der Waals surface area contributed by atoms with Gasteiger partial charge in [-0.15, -0.1) is 0 Å². The Morgan fingerprint density at radius 1 is 1.29 bits per heavy atom. The van der Waals surface area contributed by atoms with Crippen molar-refractivity contribution < 1.29 is 18.7 Å². The van der Waals surface area contributed by atoms with Crippen molar-refractivity contribution in [3.63, 3.8) is 0 Å². The minimum atomic E-state index is -0.679. The minimum Gasteiger partial charge on any atom is -0.496 e. The van der Waals surface area contributed by atoms with E-state index in [4.69, 9.17) is 15.2 Å². The largest absolute Gasteiger partial charge is 0.496 e. The molecular formula is C16H24FNO3. The van der Waals surface area contributed by atoms with Gasteiger partial charge in [-0.1, -0.05) is 13.0 Å². The van der Waals surface area contributed by atoms with E-state index in [2.05, 4.69) is 0 Å². The van der Waals surface area contributed by atoms with Gasteiger partial charge < -0.3 is 15.2 Å². The van der Waals surface area contributed by atoms with Crippen molar-refractivity contribution in [1.29, 1.82) is 0 Å². The summed E-state index contributed by atoms with van der Waals surface area (Å²) in [4.78, 5) is 12.1. The van der Waals surface area contributed by atoms with Crippen LogP contribution in [-0.4, -0.2) is 25.2 Å². The minimum absolute atomic E-state index is 0.1000. The second-order valence-corrected chi connectivity index (χ2v) is 6.37. The first-order valence-electron chi connectivity index (χ1n) is 6.87. The molecule has 0 aliphatic rings. The monoisotopic (exact) mass is 297 g/mol. The molecule has 2 N–H and O–H groups in total. The van der Waals surface area contributed by atoms with Crippen LogP contribution in [0.15, 0.2) is 18.2 Å². The third kappa shape index (κ3) is 4.70. The predicted molar refractivity (Wildman–Crippen MR) is 79.8 cm³/mol. The topological polar surface area (TPSA) is 61.5 Å². The first-order valence-corrected chi connectivity index (χ1v) is 6.87. The number of benzene rings is 1. The SMILES string of the molecule is COc1cc(F)ccc1C(C)(CN)CC(=O)OC(C)(C)C. The zero-order valence-electron chi connectivity index (χ0n) is 13.3. The fourth-order valence-electron chi connectivity index (χ4n) is 2.14. The highest BCUT2D eigenvalue weighted by atomic mass is 19.1. The molecular weight excluding hydrogens is 273 g/mol. The number of nitrogens with two attached hydrogens (primary N) is 1. The van der Waals surface area contributed by atoms with Crippen LogP contribution in [-0.2, 0) is 14.9 Å². The Morgan fingerprint density at radius 2 is 1.90 bits per heavy atom. The fourth-order valence-corrected chi connectivity index (χ4v) is 2.14. The third-order valence-electron chi connectivity index (χ3n) is 3.22. The molecule has 0 saturated heterocycles. The summed E-state index contributed by atoms with van der Waals surface area (Å²) in [6.07, 6.45) is 0.1000. The van der Waals surface area contributed by atoms with Gasteiger partial charge in [0.2, 0.25) is 0 Å². The average molecular weight is 297 g/mol. The number of hydrogen-bond acceptors (Lipinski definition) is 4. The maximum absolute atomic E-state index is 13.3. The Bertz CT molecular complexity index is 511. The van der Waals surface area contributed by atoms with E-state index in [0.29, 0.717) is 11.3 Å². The molecule has 21 heavy (non-hydrogen) atoms. The van der Waals surface area contributed by atoms with Gasteiger partial charge in [-0.2, -0.15) is 0 Å². The summed E-state index contributed by atoms with van der Waals surface area (Å²) in [5, 5.41) is 0. The van der Waals surface area contributed by atoms with Crippen molar-refractivity contribution in [2.24, 2.45) is 5.73 Å². The summed E-state index contributed by atoms with van der Waals surface area (Å²) >= 11 is 0. The van der Waals surface area contributed by atoms with Crippen molar-refractivity contribution in [2.75, 3.05) is 13.7 Å². The lowest BCUT2D eigenvalue weighted by Gasteiger charge is -2.30. The molecule has 1 rings (SSSR count). The Hall–Kier alpha value is -1.62. The van der Waals surface area contributed by atoms with Gasteiger partial charge in [0.1, 0.15) is 17.2 Å². The lowest BCUT2D eigenvalue weighted by atomic mass is 9.79. The summed E-state index contributed by atoms with van der Waals surface area (Å²) in [5.74, 6) is -0.361. The second kappa shape index (κ2) is 6.43. The van der Waals surface area contributed by atoms with Gasteiger partial charge >= 0.3 is 5.97 Å². The van der Waals surface area contributed by atoms with Gasteiger partial charge in [0.25, 0.3) is 0 Å². The first kappa shape index (κ1) is 17.4. The van der Waals surface area contributed by atoms with Crippen LogP contribution in [0.3, 0.4) is 0 Å². The van der Waals surface area contributed by atoms with E-state index in [1.165, 1.54) is 19.2 Å². The van der Waals surface area contributed by atoms with E-state index >= 15 is 0 Å². The molecule has 1 aromatic carbocycles. The number of esters is 1. The van der Waals surface area contributed by atoms with Crippen molar-refractivity contribution >= 4 is 5.97 Å². The third-order valence-corrected chi connectivity index (χ3v) is 3.22. The van der Waals surface area contributed by atoms with Crippen molar-refractivity contribution in [3.8, 4) is 5.75 Å². The summed E-state index contributed by atoms with van der Waals surface area (Å²) in [6.45, 7) is 7.48. The molecule has 0 fully saturated rings. The number of ether oxygens (including phenoxy) is 2. The molecule has 0 radical (unpaired) electrons. The maximum Gasteiger partial charge on any atom is 0.307 e. The van der Waals surface area contributed by atoms with Crippen LogP contribution >= 0.6 is 0 Å². The van der Waals surface area contributed by atoms with Crippen LogP contribution in [0.25, 0.3) is 0 Å². The van der Waals surface area contributed by atoms with Crippen LogP contribution < -0.4 is 10.5 Å². The van der Waals surface area contributed by atoms with Gasteiger partial charge in [0.15, 0.2) is 0 Å². The summed E-state index contributed by atoms with van der Waals surface area (Å²) in [6, 6.07) is 4.23. The van der Waals surface area contributed by atoms with Crippen LogP contribution in [0.5, 0.6) is 5.75 Å². The van der Waals surface area contributed by atoms with Crippen molar-refractivity contribution in [3.05, 3.63) is 29.6 Å². The van der Waals surface area contributed by atoms with E-state index in [-0.39, 0.29) is 18.9 Å². The first-order chi connectivity index (χ1) is 9.61. The molecule has 0 spiro atoms. The van der Waals surface area contributed by atoms with Gasteiger partial charge in [-0.05, 0) is 26.8 Å². The molecule has 0 amide bonds. The molecule has 0 heterocycles. The molecule has 0 aliphatic carbocycles. The zero-order valence-corrected chi connectivity index (χ0v) is 13.3. The predicted octanol–water partition coefficient (Wildman–Crippen LogP) is 2.78. The molecule has 0 saturated carbocycles. The number of methoxy groups -OCH3 is 1. The lowest BCUT2D eigenvalue weighted by molar-refractivity contribution is -0.156. The highest BCUT2D eigenvalue weighted by Crippen LogP contribution is 2.35. The maximum atomic E-state index is 13.3. The van der Waals surface area contributed by atoms with Crippen LogP contribution in [0.1, 0.15) is 39.7 Å². The molecule has 5 heteroatoms. The van der Waals surface area contributed by atoms with E-state index in [1.807, 2.05) is 27.7 Å². The standard InChI is InChI=1S/C16H24FNO3/c1-15(2,3)21-14(19)9-16(4,10-18)12-7-6-11(17)8-13(12)20-5/h6-8H,9-10,18H2,1-5H3. The smallest absolute Gasteiger partial charge is 0.307 e. The highest BCUT2D eigenvalue weighted by molar-refractivity contribution is 5.72. The summed E-state index contributed by atoms with van der Waals surface area (Å²) in [5.41, 5.74) is 5.31. The molecule has 4 nitrogen and oxygen atoms in total. The number of carbonyl (C=O) groups excluding carboxylic acids is 1. The average Bonchev–Trinajstić information content (AvgIpc) is 2.35. The summed E-state index contributed by atoms with van der Waals surface area (Å²) < 4.78 is 23.9. The highest BCUT2D eigenvalue weighted by Gasteiger charge is 2.33. The fraction of sp³-hybridized carbons (Fsp3) is 0.562. The van der Waals surface area contributed by atoms with Crippen molar-refractivity contribution in [1.82, 2.24) is 0 Å². The zero-order chi connectivity index (χ0) is 16.3. The number of rotatable bonds is 5. The quantitative estimate of drug-likeness (QED) is 0.849. The number of carbonyl (C=O) groups is 1. The van der Waals surface area contributed by atoms with Crippen LogP contribution in [0.4, 0.5) is 4.39 Å².